The molecular formula is C26H29Cl2N5O2. The van der Waals surface area contributed by atoms with Crippen LogP contribution >= 0.6 is 23.2 Å². The number of carbonyl (C=O) groups excluding carboxylic acids is 2. The lowest BCUT2D eigenvalue weighted by atomic mass is 9.94. The Labute approximate surface area is 214 Å². The fraction of sp³-hybridized carbons (Fsp3) is 0.346. The largest absolute Gasteiger partial charge is 0.370 e. The zero-order valence-corrected chi connectivity index (χ0v) is 21.2. The van der Waals surface area contributed by atoms with E-state index in [4.69, 9.17) is 33.9 Å². The molecule has 1 aliphatic rings. The first-order chi connectivity index (χ1) is 16.7. The maximum absolute atomic E-state index is 13.2. The van der Waals surface area contributed by atoms with Gasteiger partial charge in [0.15, 0.2) is 0 Å². The van der Waals surface area contributed by atoms with Crippen molar-refractivity contribution in [3.05, 3.63) is 64.1 Å². The lowest BCUT2D eigenvalue weighted by Crippen LogP contribution is -2.38. The first kappa shape index (κ1) is 25.1. The van der Waals surface area contributed by atoms with E-state index in [2.05, 4.69) is 11.9 Å². The molecule has 0 atom stereocenters. The summed E-state index contributed by atoms with van der Waals surface area (Å²) in [5, 5.41) is 4.09. The maximum Gasteiger partial charge on any atom is 0.253 e. The average molecular weight is 514 g/mol. The van der Waals surface area contributed by atoms with Crippen LogP contribution < -0.4 is 11.1 Å². The van der Waals surface area contributed by atoms with E-state index in [-0.39, 0.29) is 18.4 Å². The zero-order chi connectivity index (χ0) is 25.1. The van der Waals surface area contributed by atoms with Gasteiger partial charge in [-0.1, -0.05) is 55.1 Å². The van der Waals surface area contributed by atoms with Crippen LogP contribution in [0.2, 0.25) is 10.0 Å². The summed E-state index contributed by atoms with van der Waals surface area (Å²) in [6, 6.07) is 11.0. The van der Waals surface area contributed by atoms with Crippen LogP contribution in [0.15, 0.2) is 43.0 Å². The number of primary amides is 1. The van der Waals surface area contributed by atoms with Gasteiger partial charge in [-0.15, -0.1) is 0 Å². The van der Waals surface area contributed by atoms with Gasteiger partial charge >= 0.3 is 0 Å². The van der Waals surface area contributed by atoms with Gasteiger partial charge in [0.1, 0.15) is 0 Å². The Hall–Kier alpha value is -3.03. The highest BCUT2D eigenvalue weighted by molar-refractivity contribution is 6.42. The smallest absolute Gasteiger partial charge is 0.253 e. The Balaban J connectivity index is 1.64. The maximum atomic E-state index is 13.2. The highest BCUT2D eigenvalue weighted by Gasteiger charge is 2.24. The predicted octanol–water partition coefficient (Wildman–Crippen LogP) is 5.71. The summed E-state index contributed by atoms with van der Waals surface area (Å²) >= 11 is 12.2. The Morgan fingerprint density at radius 1 is 1.11 bits per heavy atom. The number of aryl methyl sites for hydroxylation is 1. The van der Waals surface area contributed by atoms with Crippen molar-refractivity contribution in [2.24, 2.45) is 5.73 Å². The van der Waals surface area contributed by atoms with Crippen molar-refractivity contribution < 1.29 is 9.59 Å². The molecule has 1 aromatic heterocycles. The molecule has 35 heavy (non-hydrogen) atoms. The summed E-state index contributed by atoms with van der Waals surface area (Å²) in [6.07, 6.45) is 5.77. The first-order valence-electron chi connectivity index (χ1n) is 11.7. The number of amides is 2. The molecule has 1 fully saturated rings. The minimum absolute atomic E-state index is 0.0137. The third-order valence-electron chi connectivity index (χ3n) is 6.55. The molecule has 4 rings (SSSR count). The van der Waals surface area contributed by atoms with E-state index < -0.39 is 5.91 Å². The second-order valence-corrected chi connectivity index (χ2v) is 9.76. The quantitative estimate of drug-likeness (QED) is 0.403. The number of nitrogens with one attached hydrogen (secondary N) is 1. The monoisotopic (exact) mass is 513 g/mol. The second-order valence-electron chi connectivity index (χ2n) is 8.95. The van der Waals surface area contributed by atoms with Crippen molar-refractivity contribution in [3.8, 4) is 0 Å². The lowest BCUT2D eigenvalue weighted by molar-refractivity contribution is -0.118. The van der Waals surface area contributed by atoms with Crippen LogP contribution in [0.4, 0.5) is 5.95 Å². The third-order valence-corrected chi connectivity index (χ3v) is 7.29. The van der Waals surface area contributed by atoms with Crippen molar-refractivity contribution in [1.29, 1.82) is 0 Å². The molecular weight excluding hydrogens is 485 g/mol. The molecule has 0 radical (unpaired) electrons. The molecule has 1 aliphatic carbocycles. The van der Waals surface area contributed by atoms with Crippen molar-refractivity contribution in [2.45, 2.75) is 51.1 Å². The van der Waals surface area contributed by atoms with Crippen LogP contribution in [-0.2, 0) is 11.3 Å². The molecule has 0 spiro atoms. The van der Waals surface area contributed by atoms with E-state index in [1.807, 2.05) is 28.6 Å². The molecule has 1 heterocycles. The van der Waals surface area contributed by atoms with Crippen LogP contribution in [0.25, 0.3) is 16.7 Å². The van der Waals surface area contributed by atoms with Crippen molar-refractivity contribution in [3.63, 3.8) is 0 Å². The second kappa shape index (κ2) is 10.7. The van der Waals surface area contributed by atoms with E-state index >= 15 is 0 Å². The molecule has 0 unspecified atom stereocenters. The number of anilines is 1. The summed E-state index contributed by atoms with van der Waals surface area (Å²) in [5.74, 6) is 0.0600. The molecule has 184 valence electrons. The summed E-state index contributed by atoms with van der Waals surface area (Å²) in [6.45, 7) is 4.43. The highest BCUT2D eigenvalue weighted by Crippen LogP contribution is 2.29. The van der Waals surface area contributed by atoms with Crippen LogP contribution in [0.5, 0.6) is 0 Å². The van der Waals surface area contributed by atoms with E-state index in [9.17, 15) is 9.59 Å². The number of aromatic nitrogens is 2. The minimum Gasteiger partial charge on any atom is -0.370 e. The van der Waals surface area contributed by atoms with E-state index in [1.54, 1.807) is 24.3 Å². The van der Waals surface area contributed by atoms with E-state index in [1.165, 1.54) is 6.42 Å². The molecule has 0 bridgehead atoms. The zero-order valence-electron chi connectivity index (χ0n) is 19.7. The number of benzene rings is 2. The summed E-state index contributed by atoms with van der Waals surface area (Å²) < 4.78 is 1.86. The van der Waals surface area contributed by atoms with Gasteiger partial charge in [0.25, 0.3) is 5.91 Å². The van der Waals surface area contributed by atoms with E-state index in [0.29, 0.717) is 39.3 Å². The van der Waals surface area contributed by atoms with Gasteiger partial charge in [-0.2, -0.15) is 0 Å². The Bertz CT molecular complexity index is 1280. The number of nitrogens with two attached hydrogens (primary N) is 1. The van der Waals surface area contributed by atoms with Crippen LogP contribution in [-0.4, -0.2) is 39.4 Å². The average Bonchev–Trinajstić information content (AvgIpc) is 3.19. The third kappa shape index (κ3) is 5.63. The number of halogens is 2. The number of nitrogens with zero attached hydrogens (tertiary/aromatic N) is 3. The van der Waals surface area contributed by atoms with E-state index in [0.717, 1.165) is 36.8 Å². The lowest BCUT2D eigenvalue weighted by Gasteiger charge is -2.31. The molecule has 0 saturated heterocycles. The van der Waals surface area contributed by atoms with Crippen LogP contribution in [0.3, 0.4) is 0 Å². The fourth-order valence-corrected chi connectivity index (χ4v) is 4.83. The Morgan fingerprint density at radius 3 is 2.51 bits per heavy atom. The minimum atomic E-state index is -0.415. The number of fused-ring (bicyclic) bond motifs is 1. The SMILES string of the molecule is C=C(Nc1nc2cc(C(=O)N(C)C3CCCCC3)ccc2n1CCC(N)=O)c1ccc(Cl)c(Cl)c1. The van der Waals surface area contributed by atoms with Crippen molar-refractivity contribution >= 4 is 57.7 Å². The summed E-state index contributed by atoms with van der Waals surface area (Å²) in [5.41, 5.74) is 8.73. The standard InChI is InChI=1S/C26H29Cl2N5O2/c1-16(17-8-10-20(27)21(28)14-17)30-26-31-22-15-18(9-11-23(22)33(26)13-12-24(29)34)25(35)32(2)19-6-4-3-5-7-19/h8-11,14-15,19H,1,3-7,12-13H2,2H3,(H2,29,34)(H,30,31). The normalized spacial score (nSPS) is 14.1. The topological polar surface area (TPSA) is 93.2 Å². The molecule has 2 amide bonds. The van der Waals surface area contributed by atoms with Gasteiger partial charge < -0.3 is 20.5 Å². The summed E-state index contributed by atoms with van der Waals surface area (Å²) in [7, 11) is 1.88. The Kier molecular flexibility index (Phi) is 7.67. The number of imidazole rings is 1. The molecule has 3 N–H and O–H groups in total. The van der Waals surface area contributed by atoms with Crippen LogP contribution in [0, 0.1) is 0 Å². The van der Waals surface area contributed by atoms with Gasteiger partial charge in [0.05, 0.1) is 21.1 Å². The summed E-state index contributed by atoms with van der Waals surface area (Å²) in [4.78, 5) is 31.3. The molecule has 9 heteroatoms. The van der Waals surface area contributed by atoms with Crippen molar-refractivity contribution in [2.75, 3.05) is 12.4 Å². The van der Waals surface area contributed by atoms with Gasteiger partial charge in [-0.3, -0.25) is 9.59 Å². The Morgan fingerprint density at radius 2 is 1.83 bits per heavy atom. The number of hydrogen-bond donors (Lipinski definition) is 2. The number of hydrogen-bond acceptors (Lipinski definition) is 4. The van der Waals surface area contributed by atoms with Gasteiger partial charge in [0.2, 0.25) is 11.9 Å². The molecule has 7 nitrogen and oxygen atoms in total. The van der Waals surface area contributed by atoms with Crippen molar-refractivity contribution in [1.82, 2.24) is 14.5 Å². The first-order valence-corrected chi connectivity index (χ1v) is 12.5. The number of rotatable bonds is 8. The molecule has 3 aromatic rings. The molecule has 1 saturated carbocycles. The van der Waals surface area contributed by atoms with Gasteiger partial charge in [0, 0.05) is 37.3 Å². The molecule has 2 aromatic carbocycles. The van der Waals surface area contributed by atoms with Gasteiger partial charge in [-0.05, 0) is 48.7 Å². The van der Waals surface area contributed by atoms with Crippen LogP contribution in [0.1, 0.15) is 54.4 Å². The predicted molar refractivity (Wildman–Crippen MR) is 142 cm³/mol. The fourth-order valence-electron chi connectivity index (χ4n) is 4.54. The van der Waals surface area contributed by atoms with Gasteiger partial charge in [-0.25, -0.2) is 4.98 Å². The number of carbonyl (C=O) groups is 2. The molecule has 0 aliphatic heterocycles. The highest BCUT2D eigenvalue weighted by atomic mass is 35.5.